The Morgan fingerprint density at radius 3 is 2.45 bits per heavy atom. The van der Waals surface area contributed by atoms with Crippen molar-refractivity contribution in [2.24, 2.45) is 5.92 Å². The first-order valence-electron chi connectivity index (χ1n) is 6.91. The smallest absolute Gasteiger partial charge is 0.306 e. The van der Waals surface area contributed by atoms with Gasteiger partial charge in [0.15, 0.2) is 0 Å². The van der Waals surface area contributed by atoms with Gasteiger partial charge in [0.1, 0.15) is 0 Å². The van der Waals surface area contributed by atoms with Crippen LogP contribution in [0.3, 0.4) is 0 Å². The molecule has 20 heavy (non-hydrogen) atoms. The maximum absolute atomic E-state index is 10.9. The van der Waals surface area contributed by atoms with Gasteiger partial charge in [-0.25, -0.2) is 0 Å². The predicted molar refractivity (Wildman–Crippen MR) is 81.4 cm³/mol. The SMILES string of the molecule is CC(NC1CCC(C(=O)O)CC1)c1ccc(Cl)c(Cl)c1. The van der Waals surface area contributed by atoms with Gasteiger partial charge in [-0.2, -0.15) is 0 Å². The van der Waals surface area contributed by atoms with Gasteiger partial charge < -0.3 is 10.4 Å². The van der Waals surface area contributed by atoms with E-state index in [9.17, 15) is 4.79 Å². The monoisotopic (exact) mass is 315 g/mol. The summed E-state index contributed by atoms with van der Waals surface area (Å²) in [6, 6.07) is 6.20. The van der Waals surface area contributed by atoms with E-state index in [1.807, 2.05) is 12.1 Å². The van der Waals surface area contributed by atoms with Crippen LogP contribution in [0.1, 0.15) is 44.2 Å². The molecule has 0 aliphatic heterocycles. The molecule has 3 nitrogen and oxygen atoms in total. The molecule has 1 aliphatic carbocycles. The number of nitrogens with one attached hydrogen (secondary N) is 1. The zero-order valence-corrected chi connectivity index (χ0v) is 12.9. The topological polar surface area (TPSA) is 49.3 Å². The summed E-state index contributed by atoms with van der Waals surface area (Å²) in [4.78, 5) is 10.9. The van der Waals surface area contributed by atoms with Crippen LogP contribution in [-0.2, 0) is 4.79 Å². The molecule has 0 aromatic heterocycles. The summed E-state index contributed by atoms with van der Waals surface area (Å²) in [6.07, 6.45) is 3.31. The predicted octanol–water partition coefficient (Wildman–Crippen LogP) is 4.29. The van der Waals surface area contributed by atoms with Gasteiger partial charge in [-0.15, -0.1) is 0 Å². The van der Waals surface area contributed by atoms with Crippen molar-refractivity contribution in [2.75, 3.05) is 0 Å². The van der Waals surface area contributed by atoms with Crippen molar-refractivity contribution in [1.82, 2.24) is 5.32 Å². The van der Waals surface area contributed by atoms with Crippen molar-refractivity contribution in [3.63, 3.8) is 0 Å². The first-order chi connectivity index (χ1) is 9.47. The highest BCUT2D eigenvalue weighted by atomic mass is 35.5. The Morgan fingerprint density at radius 1 is 1.25 bits per heavy atom. The molecule has 0 spiro atoms. The second-order valence-corrected chi connectivity index (χ2v) is 6.26. The molecular formula is C15H19Cl2NO2. The standard InChI is InChI=1S/C15H19Cl2NO2/c1-9(11-4-7-13(16)14(17)8-11)18-12-5-2-10(3-6-12)15(19)20/h4,7-10,12,18H,2-3,5-6H2,1H3,(H,19,20). The van der Waals surface area contributed by atoms with Crippen LogP contribution in [0.4, 0.5) is 0 Å². The Bertz CT molecular complexity index is 485. The minimum Gasteiger partial charge on any atom is -0.481 e. The lowest BCUT2D eigenvalue weighted by Crippen LogP contribution is -2.36. The molecule has 1 aliphatic rings. The van der Waals surface area contributed by atoms with E-state index in [2.05, 4.69) is 12.2 Å². The number of carboxylic acid groups (broad SMARTS) is 1. The lowest BCUT2D eigenvalue weighted by molar-refractivity contribution is -0.142. The van der Waals surface area contributed by atoms with Crippen LogP contribution in [0.15, 0.2) is 18.2 Å². The van der Waals surface area contributed by atoms with Crippen LogP contribution >= 0.6 is 23.2 Å². The molecule has 0 saturated heterocycles. The second-order valence-electron chi connectivity index (χ2n) is 5.45. The van der Waals surface area contributed by atoms with Gasteiger partial charge in [-0.1, -0.05) is 29.3 Å². The average molecular weight is 316 g/mol. The Balaban J connectivity index is 1.90. The number of benzene rings is 1. The number of halogens is 2. The Labute approximate surface area is 129 Å². The maximum Gasteiger partial charge on any atom is 0.306 e. The number of hydrogen-bond donors (Lipinski definition) is 2. The molecule has 0 heterocycles. The molecule has 1 aromatic rings. The number of aliphatic carboxylic acids is 1. The van der Waals surface area contributed by atoms with Crippen LogP contribution in [0.2, 0.25) is 10.0 Å². The molecule has 110 valence electrons. The van der Waals surface area contributed by atoms with Crippen LogP contribution in [-0.4, -0.2) is 17.1 Å². The van der Waals surface area contributed by atoms with Crippen molar-refractivity contribution >= 4 is 29.2 Å². The van der Waals surface area contributed by atoms with Gasteiger partial charge >= 0.3 is 5.97 Å². The van der Waals surface area contributed by atoms with Gasteiger partial charge in [0, 0.05) is 12.1 Å². The molecule has 1 aromatic carbocycles. The number of hydrogen-bond acceptors (Lipinski definition) is 2. The summed E-state index contributed by atoms with van der Waals surface area (Å²) in [7, 11) is 0. The van der Waals surface area contributed by atoms with Crippen LogP contribution in [0.5, 0.6) is 0 Å². The molecule has 0 bridgehead atoms. The fourth-order valence-electron chi connectivity index (χ4n) is 2.74. The molecule has 0 radical (unpaired) electrons. The molecule has 1 atom stereocenters. The number of rotatable bonds is 4. The summed E-state index contributed by atoms with van der Waals surface area (Å²) in [6.45, 7) is 2.09. The molecule has 1 fully saturated rings. The van der Waals surface area contributed by atoms with Crippen LogP contribution < -0.4 is 5.32 Å². The van der Waals surface area contributed by atoms with Crippen molar-refractivity contribution in [2.45, 2.75) is 44.7 Å². The van der Waals surface area contributed by atoms with Gasteiger partial charge in [-0.3, -0.25) is 4.79 Å². The summed E-state index contributed by atoms with van der Waals surface area (Å²) in [5, 5.41) is 13.7. The molecule has 2 rings (SSSR count). The highest BCUT2D eigenvalue weighted by Gasteiger charge is 2.26. The molecule has 2 N–H and O–H groups in total. The largest absolute Gasteiger partial charge is 0.481 e. The van der Waals surface area contributed by atoms with E-state index in [0.717, 1.165) is 31.2 Å². The maximum atomic E-state index is 10.9. The highest BCUT2D eigenvalue weighted by molar-refractivity contribution is 6.42. The fraction of sp³-hybridized carbons (Fsp3) is 0.533. The molecular weight excluding hydrogens is 297 g/mol. The Morgan fingerprint density at radius 2 is 1.90 bits per heavy atom. The van der Waals surface area contributed by atoms with Crippen LogP contribution in [0.25, 0.3) is 0 Å². The highest BCUT2D eigenvalue weighted by Crippen LogP contribution is 2.28. The minimum atomic E-state index is -0.666. The Hall–Kier alpha value is -0.770. The van der Waals surface area contributed by atoms with Gasteiger partial charge in [-0.05, 0) is 50.3 Å². The molecule has 1 saturated carbocycles. The van der Waals surface area contributed by atoms with Crippen molar-refractivity contribution in [3.8, 4) is 0 Å². The first kappa shape index (κ1) is 15.6. The number of carbonyl (C=O) groups is 1. The zero-order valence-electron chi connectivity index (χ0n) is 11.4. The average Bonchev–Trinajstić information content (AvgIpc) is 2.42. The Kier molecular flexibility index (Phi) is 5.30. The summed E-state index contributed by atoms with van der Waals surface area (Å²) in [5.41, 5.74) is 1.10. The fourth-order valence-corrected chi connectivity index (χ4v) is 3.05. The van der Waals surface area contributed by atoms with E-state index in [-0.39, 0.29) is 12.0 Å². The third kappa shape index (κ3) is 3.87. The van der Waals surface area contributed by atoms with Gasteiger partial charge in [0.2, 0.25) is 0 Å². The third-order valence-corrected chi connectivity index (χ3v) is 4.74. The van der Waals surface area contributed by atoms with Crippen molar-refractivity contribution < 1.29 is 9.90 Å². The van der Waals surface area contributed by atoms with E-state index < -0.39 is 5.97 Å². The summed E-state index contributed by atoms with van der Waals surface area (Å²) in [5.74, 6) is -0.839. The molecule has 0 amide bonds. The van der Waals surface area contributed by atoms with Crippen LogP contribution in [0, 0.1) is 5.92 Å². The minimum absolute atomic E-state index is 0.173. The number of carboxylic acids is 1. The first-order valence-corrected chi connectivity index (χ1v) is 7.66. The molecule has 5 heteroatoms. The van der Waals surface area contributed by atoms with E-state index >= 15 is 0 Å². The zero-order chi connectivity index (χ0) is 14.7. The van der Waals surface area contributed by atoms with E-state index in [1.54, 1.807) is 6.07 Å². The van der Waals surface area contributed by atoms with Crippen molar-refractivity contribution in [1.29, 1.82) is 0 Å². The summed E-state index contributed by atoms with van der Waals surface area (Å²) >= 11 is 11.9. The van der Waals surface area contributed by atoms with Gasteiger partial charge in [0.05, 0.1) is 16.0 Å². The lowest BCUT2D eigenvalue weighted by Gasteiger charge is -2.29. The quantitative estimate of drug-likeness (QED) is 0.871. The normalized spacial score (nSPS) is 24.4. The van der Waals surface area contributed by atoms with Gasteiger partial charge in [0.25, 0.3) is 0 Å². The van der Waals surface area contributed by atoms with E-state index in [1.165, 1.54) is 0 Å². The third-order valence-electron chi connectivity index (χ3n) is 4.01. The van der Waals surface area contributed by atoms with E-state index in [4.69, 9.17) is 28.3 Å². The lowest BCUT2D eigenvalue weighted by atomic mass is 9.85. The van der Waals surface area contributed by atoms with Crippen molar-refractivity contribution in [3.05, 3.63) is 33.8 Å². The molecule has 1 unspecified atom stereocenters. The van der Waals surface area contributed by atoms with E-state index in [0.29, 0.717) is 16.1 Å². The summed E-state index contributed by atoms with van der Waals surface area (Å²) < 4.78 is 0. The second kappa shape index (κ2) is 6.79.